The normalized spacial score (nSPS) is 15.0. The van der Waals surface area contributed by atoms with Crippen molar-refractivity contribution in [1.82, 2.24) is 5.32 Å². The van der Waals surface area contributed by atoms with Gasteiger partial charge in [-0.05, 0) is 47.2 Å². The van der Waals surface area contributed by atoms with Crippen LogP contribution in [-0.2, 0) is 27.3 Å². The number of benzene rings is 3. The number of rotatable bonds is 10. The molecule has 3 aromatic carbocycles. The van der Waals surface area contributed by atoms with Gasteiger partial charge in [0.15, 0.2) is 5.71 Å². The summed E-state index contributed by atoms with van der Waals surface area (Å²) in [6.07, 6.45) is 4.53. The van der Waals surface area contributed by atoms with Gasteiger partial charge in [0.2, 0.25) is 0 Å². The number of hydrogen-bond acceptors (Lipinski definition) is 6. The maximum atomic E-state index is 12.2. The molecule has 7 nitrogen and oxygen atoms in total. The summed E-state index contributed by atoms with van der Waals surface area (Å²) in [5.41, 5.74) is 6.79. The van der Waals surface area contributed by atoms with E-state index in [4.69, 9.17) is 14.4 Å². The highest BCUT2D eigenvalue weighted by molar-refractivity contribution is 6.46. The van der Waals surface area contributed by atoms with Crippen molar-refractivity contribution in [3.05, 3.63) is 100 Å². The van der Waals surface area contributed by atoms with E-state index in [2.05, 4.69) is 52.0 Å². The van der Waals surface area contributed by atoms with Gasteiger partial charge in [0.1, 0.15) is 19.5 Å². The van der Waals surface area contributed by atoms with Crippen molar-refractivity contribution < 1.29 is 19.2 Å². The van der Waals surface area contributed by atoms with Crippen molar-refractivity contribution >= 4 is 17.8 Å². The average molecular weight is 486 g/mol. The average Bonchev–Trinajstić information content (AvgIpc) is 3.35. The summed E-state index contributed by atoms with van der Waals surface area (Å²) in [4.78, 5) is 22.5. The van der Waals surface area contributed by atoms with Crippen LogP contribution in [0.2, 0.25) is 0 Å². The number of likely N-dealkylation sites (N-methyl/N-ethyl adjacent to an activating group) is 1. The third kappa shape index (κ3) is 5.74. The first-order valence-electron chi connectivity index (χ1n) is 12.0. The molecular weight excluding hydrogens is 454 g/mol. The number of nitrogens with zero attached hydrogens (tertiary/aromatic N) is 2. The number of oxime groups is 2. The zero-order chi connectivity index (χ0) is 25.3. The Labute approximate surface area is 211 Å². The molecule has 186 valence electrons. The second kappa shape index (κ2) is 12.0. The lowest BCUT2D eigenvalue weighted by molar-refractivity contribution is -0.114. The Kier molecular flexibility index (Phi) is 8.34. The summed E-state index contributed by atoms with van der Waals surface area (Å²) >= 11 is 0. The summed E-state index contributed by atoms with van der Waals surface area (Å²) in [6, 6.07) is 22.5. The van der Waals surface area contributed by atoms with Gasteiger partial charge in [-0.2, -0.15) is 0 Å². The van der Waals surface area contributed by atoms with Crippen LogP contribution in [0.4, 0.5) is 0 Å². The van der Waals surface area contributed by atoms with Crippen molar-refractivity contribution in [3.8, 4) is 5.75 Å². The number of methoxy groups -OCH3 is 1. The first-order chi connectivity index (χ1) is 17.6. The molecule has 1 atom stereocenters. The monoisotopic (exact) mass is 485 g/mol. The second-order valence-corrected chi connectivity index (χ2v) is 8.50. The highest BCUT2D eigenvalue weighted by Crippen LogP contribution is 2.39. The van der Waals surface area contributed by atoms with E-state index in [0.29, 0.717) is 23.7 Å². The molecule has 0 saturated carbocycles. The van der Waals surface area contributed by atoms with Crippen LogP contribution < -0.4 is 10.1 Å². The maximum absolute atomic E-state index is 12.2. The van der Waals surface area contributed by atoms with Gasteiger partial charge in [-0.1, -0.05) is 64.9 Å². The molecule has 7 heteroatoms. The Balaban J connectivity index is 1.34. The molecule has 0 aromatic heterocycles. The lowest BCUT2D eigenvalue weighted by Gasteiger charge is -2.13. The minimum absolute atomic E-state index is 0.172. The van der Waals surface area contributed by atoms with Crippen LogP contribution in [-0.4, -0.2) is 45.7 Å². The van der Waals surface area contributed by atoms with E-state index >= 15 is 0 Å². The maximum Gasteiger partial charge on any atom is 0.273 e. The zero-order valence-corrected chi connectivity index (χ0v) is 20.9. The van der Waals surface area contributed by atoms with Crippen LogP contribution >= 0.6 is 0 Å². The Morgan fingerprint density at radius 1 is 1.08 bits per heavy atom. The van der Waals surface area contributed by atoms with E-state index in [1.807, 2.05) is 24.3 Å². The minimum atomic E-state index is -0.345. The smallest absolute Gasteiger partial charge is 0.273 e. The quantitative estimate of drug-likeness (QED) is 0.261. The third-order valence-corrected chi connectivity index (χ3v) is 6.40. The van der Waals surface area contributed by atoms with E-state index in [1.54, 1.807) is 26.4 Å². The van der Waals surface area contributed by atoms with E-state index in [0.717, 1.165) is 25.0 Å². The van der Waals surface area contributed by atoms with Crippen LogP contribution in [0.25, 0.3) is 0 Å². The third-order valence-electron chi connectivity index (χ3n) is 6.40. The van der Waals surface area contributed by atoms with Gasteiger partial charge in [-0.25, -0.2) is 0 Å². The van der Waals surface area contributed by atoms with Crippen LogP contribution in [0.15, 0.2) is 77.0 Å². The minimum Gasteiger partial charge on any atom is -0.497 e. The second-order valence-electron chi connectivity index (χ2n) is 8.50. The molecule has 1 aliphatic rings. The highest BCUT2D eigenvalue weighted by Gasteiger charge is 2.24. The molecule has 0 radical (unpaired) electrons. The molecule has 1 amide bonds. The molecular formula is C29H31N3O4. The van der Waals surface area contributed by atoms with E-state index in [1.165, 1.54) is 29.4 Å². The fourth-order valence-corrected chi connectivity index (χ4v) is 4.54. The topological polar surface area (TPSA) is 81.5 Å². The number of amides is 1. The lowest BCUT2D eigenvalue weighted by atomic mass is 9.92. The fraction of sp³-hybridized carbons (Fsp3) is 0.276. The van der Waals surface area contributed by atoms with Crippen molar-refractivity contribution in [2.24, 2.45) is 10.3 Å². The molecule has 0 spiro atoms. The Morgan fingerprint density at radius 3 is 2.64 bits per heavy atom. The van der Waals surface area contributed by atoms with Gasteiger partial charge in [-0.15, -0.1) is 0 Å². The van der Waals surface area contributed by atoms with Gasteiger partial charge in [0, 0.05) is 30.5 Å². The van der Waals surface area contributed by atoms with Crippen molar-refractivity contribution in [2.75, 3.05) is 27.9 Å². The van der Waals surface area contributed by atoms with Gasteiger partial charge in [0.25, 0.3) is 5.91 Å². The first-order valence-corrected chi connectivity index (χ1v) is 12.0. The zero-order valence-electron chi connectivity index (χ0n) is 20.9. The number of nitrogens with one attached hydrogen (secondary N) is 1. The molecule has 0 saturated heterocycles. The fourth-order valence-electron chi connectivity index (χ4n) is 4.54. The van der Waals surface area contributed by atoms with Crippen LogP contribution in [0.5, 0.6) is 5.75 Å². The molecule has 0 fully saturated rings. The standard InChI is InChI=1S/C29H31N3O4/c1-30-29(33)28(32-35-3)27-7-5-4-6-23(27)19-31-36-17-16-20-8-10-21(11-9-20)25-14-12-22-18-24(34-2)13-15-26(22)25/h4-11,13,15,18-19,25H,12,14,16-17H2,1-3H3,(H,30,33). The SMILES string of the molecule is CNC(=O)C(=NOC)c1ccccc1C=NOCCc1ccc(C2CCc3cc(OC)ccc32)cc1. The van der Waals surface area contributed by atoms with Crippen LogP contribution in [0.3, 0.4) is 0 Å². The number of hydrogen-bond donors (Lipinski definition) is 1. The Morgan fingerprint density at radius 2 is 1.89 bits per heavy atom. The molecule has 0 bridgehead atoms. The summed E-state index contributed by atoms with van der Waals surface area (Å²) in [6.45, 7) is 0.443. The van der Waals surface area contributed by atoms with E-state index in [9.17, 15) is 4.79 Å². The molecule has 4 rings (SSSR count). The molecule has 1 N–H and O–H groups in total. The Hall–Kier alpha value is -4.13. The van der Waals surface area contributed by atoms with Gasteiger partial charge in [0.05, 0.1) is 13.3 Å². The molecule has 1 aliphatic carbocycles. The molecule has 1 unspecified atom stereocenters. The molecule has 36 heavy (non-hydrogen) atoms. The number of fused-ring (bicyclic) bond motifs is 1. The van der Waals surface area contributed by atoms with Gasteiger partial charge >= 0.3 is 0 Å². The predicted octanol–water partition coefficient (Wildman–Crippen LogP) is 4.46. The summed E-state index contributed by atoms with van der Waals surface area (Å²) in [5, 5.41) is 10.5. The van der Waals surface area contributed by atoms with Crippen molar-refractivity contribution in [2.45, 2.75) is 25.2 Å². The molecule has 0 heterocycles. The number of carbonyl (C=O) groups is 1. The van der Waals surface area contributed by atoms with E-state index < -0.39 is 0 Å². The van der Waals surface area contributed by atoms with Crippen LogP contribution in [0, 0.1) is 0 Å². The summed E-state index contributed by atoms with van der Waals surface area (Å²) < 4.78 is 5.37. The summed E-state index contributed by atoms with van der Waals surface area (Å²) in [7, 11) is 4.66. The molecule has 3 aromatic rings. The molecule has 0 aliphatic heterocycles. The lowest BCUT2D eigenvalue weighted by Crippen LogP contribution is -2.29. The summed E-state index contributed by atoms with van der Waals surface area (Å²) in [5.74, 6) is 1.01. The number of aryl methyl sites for hydroxylation is 1. The van der Waals surface area contributed by atoms with Crippen molar-refractivity contribution in [1.29, 1.82) is 0 Å². The number of carbonyl (C=O) groups excluding carboxylic acids is 1. The predicted molar refractivity (Wildman–Crippen MR) is 141 cm³/mol. The first kappa shape index (κ1) is 25.0. The largest absolute Gasteiger partial charge is 0.497 e. The van der Waals surface area contributed by atoms with E-state index in [-0.39, 0.29) is 11.6 Å². The number of ether oxygens (including phenoxy) is 1. The van der Waals surface area contributed by atoms with Crippen LogP contribution in [0.1, 0.15) is 45.7 Å². The van der Waals surface area contributed by atoms with Crippen molar-refractivity contribution in [3.63, 3.8) is 0 Å². The highest BCUT2D eigenvalue weighted by atomic mass is 16.6. The Bertz CT molecular complexity index is 1250. The van der Waals surface area contributed by atoms with Gasteiger partial charge in [-0.3, -0.25) is 4.79 Å². The van der Waals surface area contributed by atoms with Gasteiger partial charge < -0.3 is 19.7 Å².